The van der Waals surface area contributed by atoms with E-state index in [1.54, 1.807) is 11.3 Å². The quantitative estimate of drug-likeness (QED) is 0.919. The van der Waals surface area contributed by atoms with E-state index in [9.17, 15) is 0 Å². The van der Waals surface area contributed by atoms with Crippen molar-refractivity contribution in [2.45, 2.75) is 33.2 Å². The molecule has 0 spiro atoms. The lowest BCUT2D eigenvalue weighted by atomic mass is 10.1. The maximum atomic E-state index is 4.49. The molecule has 0 aromatic carbocycles. The van der Waals surface area contributed by atoms with Gasteiger partial charge in [-0.25, -0.2) is 4.98 Å². The molecule has 0 aliphatic carbocycles. The zero-order chi connectivity index (χ0) is 13.1. The van der Waals surface area contributed by atoms with Crippen molar-refractivity contribution in [2.24, 2.45) is 0 Å². The molecule has 2 aromatic rings. The Morgan fingerprint density at radius 3 is 2.56 bits per heavy atom. The Morgan fingerprint density at radius 2 is 2.06 bits per heavy atom. The number of aryl methyl sites for hydroxylation is 3. The number of nitrogens with zero attached hydrogens (tertiary/aromatic N) is 2. The Labute approximate surface area is 112 Å². The van der Waals surface area contributed by atoms with Crippen molar-refractivity contribution in [1.82, 2.24) is 15.3 Å². The third kappa shape index (κ3) is 2.94. The molecule has 0 aliphatic rings. The maximum Gasteiger partial charge on any atom is 0.0900 e. The Balaban J connectivity index is 2.19. The van der Waals surface area contributed by atoms with Crippen molar-refractivity contribution >= 4 is 11.3 Å². The molecule has 0 radical (unpaired) electrons. The predicted octanol–water partition coefficient (Wildman–Crippen LogP) is 2.97. The summed E-state index contributed by atoms with van der Waals surface area (Å²) in [6.07, 6.45) is 2.83. The van der Waals surface area contributed by atoms with Crippen LogP contribution in [0.1, 0.15) is 32.9 Å². The van der Waals surface area contributed by atoms with Crippen molar-refractivity contribution in [1.29, 1.82) is 0 Å². The van der Waals surface area contributed by atoms with Crippen LogP contribution in [0.3, 0.4) is 0 Å². The first-order chi connectivity index (χ1) is 8.60. The second-order valence-corrected chi connectivity index (χ2v) is 5.79. The minimum atomic E-state index is 0.298. The van der Waals surface area contributed by atoms with Gasteiger partial charge >= 0.3 is 0 Å². The molecule has 0 saturated heterocycles. The van der Waals surface area contributed by atoms with E-state index in [2.05, 4.69) is 48.2 Å². The molecule has 2 aromatic heterocycles. The third-order valence-corrected chi connectivity index (χ3v) is 4.18. The molecule has 4 heteroatoms. The van der Waals surface area contributed by atoms with Crippen LogP contribution < -0.4 is 5.32 Å². The van der Waals surface area contributed by atoms with Gasteiger partial charge in [0.05, 0.1) is 10.7 Å². The number of rotatable bonds is 4. The topological polar surface area (TPSA) is 37.8 Å². The summed E-state index contributed by atoms with van der Waals surface area (Å²) in [5, 5.41) is 4.49. The van der Waals surface area contributed by atoms with Gasteiger partial charge in [-0.05, 0) is 39.4 Å². The molecule has 96 valence electrons. The van der Waals surface area contributed by atoms with E-state index < -0.39 is 0 Å². The van der Waals surface area contributed by atoms with E-state index in [1.807, 2.05) is 13.2 Å². The summed E-state index contributed by atoms with van der Waals surface area (Å²) in [6.45, 7) is 6.19. The summed E-state index contributed by atoms with van der Waals surface area (Å²) in [4.78, 5) is 10.3. The number of aromatic nitrogens is 2. The van der Waals surface area contributed by atoms with Gasteiger partial charge in [0.25, 0.3) is 0 Å². The van der Waals surface area contributed by atoms with E-state index in [0.29, 0.717) is 6.04 Å². The predicted molar refractivity (Wildman–Crippen MR) is 76.1 cm³/mol. The fraction of sp³-hybridized carbons (Fsp3) is 0.429. The summed E-state index contributed by atoms with van der Waals surface area (Å²) in [7, 11) is 1.99. The van der Waals surface area contributed by atoms with Crippen LogP contribution in [-0.4, -0.2) is 17.0 Å². The Morgan fingerprint density at radius 1 is 1.28 bits per heavy atom. The SMILES string of the molecule is CNC(Cc1ccc(C)cn1)c1sc(C)nc1C. The van der Waals surface area contributed by atoms with Crippen LogP contribution in [0, 0.1) is 20.8 Å². The molecule has 0 aliphatic heterocycles. The smallest absolute Gasteiger partial charge is 0.0900 e. The fourth-order valence-electron chi connectivity index (χ4n) is 2.02. The normalized spacial score (nSPS) is 12.7. The van der Waals surface area contributed by atoms with Crippen molar-refractivity contribution in [2.75, 3.05) is 7.05 Å². The van der Waals surface area contributed by atoms with E-state index in [1.165, 1.54) is 10.4 Å². The van der Waals surface area contributed by atoms with Gasteiger partial charge in [-0.15, -0.1) is 11.3 Å². The van der Waals surface area contributed by atoms with Crippen LogP contribution in [0.4, 0.5) is 0 Å². The molecular formula is C14H19N3S. The molecule has 0 saturated carbocycles. The van der Waals surface area contributed by atoms with Gasteiger partial charge in [0.15, 0.2) is 0 Å². The second-order valence-electron chi connectivity index (χ2n) is 4.55. The van der Waals surface area contributed by atoms with Crippen LogP contribution in [0.5, 0.6) is 0 Å². The summed E-state index contributed by atoms with van der Waals surface area (Å²) in [6, 6.07) is 4.51. The molecule has 18 heavy (non-hydrogen) atoms. The highest BCUT2D eigenvalue weighted by molar-refractivity contribution is 7.11. The third-order valence-electron chi connectivity index (χ3n) is 2.99. The molecule has 1 unspecified atom stereocenters. The van der Waals surface area contributed by atoms with Crippen LogP contribution >= 0.6 is 11.3 Å². The number of thiazole rings is 1. The van der Waals surface area contributed by atoms with Gasteiger partial charge < -0.3 is 5.32 Å². The van der Waals surface area contributed by atoms with E-state index in [-0.39, 0.29) is 0 Å². The van der Waals surface area contributed by atoms with E-state index in [0.717, 1.165) is 22.8 Å². The molecule has 0 bridgehead atoms. The number of hydrogen-bond donors (Lipinski definition) is 1. The van der Waals surface area contributed by atoms with Gasteiger partial charge in [0.2, 0.25) is 0 Å². The molecule has 2 heterocycles. The van der Waals surface area contributed by atoms with Gasteiger partial charge in [-0.1, -0.05) is 6.07 Å². The molecule has 2 rings (SSSR count). The highest BCUT2D eigenvalue weighted by Gasteiger charge is 2.16. The Kier molecular flexibility index (Phi) is 4.09. The van der Waals surface area contributed by atoms with Crippen molar-refractivity contribution in [3.63, 3.8) is 0 Å². The molecular weight excluding hydrogens is 242 g/mol. The highest BCUT2D eigenvalue weighted by atomic mass is 32.1. The zero-order valence-electron chi connectivity index (χ0n) is 11.3. The molecule has 1 atom stereocenters. The zero-order valence-corrected chi connectivity index (χ0v) is 12.1. The highest BCUT2D eigenvalue weighted by Crippen LogP contribution is 2.26. The van der Waals surface area contributed by atoms with Crippen LogP contribution in [0.15, 0.2) is 18.3 Å². The first-order valence-electron chi connectivity index (χ1n) is 6.13. The molecule has 3 nitrogen and oxygen atoms in total. The maximum absolute atomic E-state index is 4.49. The van der Waals surface area contributed by atoms with E-state index >= 15 is 0 Å². The second kappa shape index (κ2) is 5.59. The minimum absolute atomic E-state index is 0.298. The van der Waals surface area contributed by atoms with Gasteiger partial charge in [-0.2, -0.15) is 0 Å². The fourth-order valence-corrected chi connectivity index (χ4v) is 3.06. The number of likely N-dealkylation sites (N-methyl/N-ethyl adjacent to an activating group) is 1. The summed E-state index contributed by atoms with van der Waals surface area (Å²) < 4.78 is 0. The molecule has 0 amide bonds. The lowest BCUT2D eigenvalue weighted by Crippen LogP contribution is -2.19. The molecule has 1 N–H and O–H groups in total. The minimum Gasteiger partial charge on any atom is -0.312 e. The number of hydrogen-bond acceptors (Lipinski definition) is 4. The lowest BCUT2D eigenvalue weighted by Gasteiger charge is -2.14. The van der Waals surface area contributed by atoms with Crippen molar-refractivity contribution in [3.05, 3.63) is 45.2 Å². The van der Waals surface area contributed by atoms with Gasteiger partial charge in [0, 0.05) is 29.2 Å². The van der Waals surface area contributed by atoms with Crippen LogP contribution in [0.25, 0.3) is 0 Å². The van der Waals surface area contributed by atoms with Gasteiger partial charge in [-0.3, -0.25) is 4.98 Å². The standard InChI is InChI=1S/C14H19N3S/c1-9-5-6-12(16-8-9)7-13(15-4)14-10(2)17-11(3)18-14/h5-6,8,13,15H,7H2,1-4H3. The number of nitrogens with one attached hydrogen (secondary N) is 1. The summed E-state index contributed by atoms with van der Waals surface area (Å²) in [5.74, 6) is 0. The van der Waals surface area contributed by atoms with E-state index in [4.69, 9.17) is 0 Å². The first kappa shape index (κ1) is 13.2. The first-order valence-corrected chi connectivity index (χ1v) is 6.94. The van der Waals surface area contributed by atoms with Crippen LogP contribution in [0.2, 0.25) is 0 Å². The monoisotopic (exact) mass is 261 g/mol. The Hall–Kier alpha value is -1.26. The lowest BCUT2D eigenvalue weighted by molar-refractivity contribution is 0.590. The average molecular weight is 261 g/mol. The summed E-state index contributed by atoms with van der Waals surface area (Å²) >= 11 is 1.77. The largest absolute Gasteiger partial charge is 0.312 e. The number of pyridine rings is 1. The molecule has 0 fully saturated rings. The van der Waals surface area contributed by atoms with Crippen molar-refractivity contribution in [3.8, 4) is 0 Å². The Bertz CT molecular complexity index is 516. The summed E-state index contributed by atoms with van der Waals surface area (Å²) in [5.41, 5.74) is 3.44. The van der Waals surface area contributed by atoms with Gasteiger partial charge in [0.1, 0.15) is 0 Å². The average Bonchev–Trinajstić information content (AvgIpc) is 2.68. The van der Waals surface area contributed by atoms with Crippen LogP contribution in [-0.2, 0) is 6.42 Å². The van der Waals surface area contributed by atoms with Crippen molar-refractivity contribution < 1.29 is 0 Å².